The average molecular weight is 195 g/mol. The number of fused-ring (bicyclic) bond motifs is 1. The summed E-state index contributed by atoms with van der Waals surface area (Å²) in [7, 11) is 1.71. The number of hydrogen-bond acceptors (Lipinski definition) is 2. The fourth-order valence-electron chi connectivity index (χ4n) is 1.83. The second kappa shape index (κ2) is 2.97. The van der Waals surface area contributed by atoms with E-state index in [1.54, 1.807) is 18.0 Å². The number of aliphatic carboxylic acids is 1. The predicted molar refractivity (Wildman–Crippen MR) is 49.9 cm³/mol. The lowest BCUT2D eigenvalue weighted by Gasteiger charge is -2.18. The molecule has 4 heteroatoms. The van der Waals surface area contributed by atoms with Gasteiger partial charge in [0.25, 0.3) is 0 Å². The first-order valence-electron chi connectivity index (χ1n) is 4.33. The van der Waals surface area contributed by atoms with E-state index in [1.165, 1.54) is 12.1 Å². The zero-order chi connectivity index (χ0) is 10.3. The van der Waals surface area contributed by atoms with Crippen LogP contribution in [0.15, 0.2) is 18.2 Å². The Labute approximate surface area is 80.8 Å². The minimum Gasteiger partial charge on any atom is -0.480 e. The Morgan fingerprint density at radius 2 is 2.36 bits per heavy atom. The molecule has 1 N–H and O–H groups in total. The molecule has 0 aromatic heterocycles. The molecule has 0 spiro atoms. The van der Waals surface area contributed by atoms with Gasteiger partial charge >= 0.3 is 5.97 Å². The molecular formula is C10H10FNO2. The van der Waals surface area contributed by atoms with Gasteiger partial charge in [-0.05, 0) is 23.8 Å². The van der Waals surface area contributed by atoms with Crippen LogP contribution in [-0.2, 0) is 11.2 Å². The molecule has 0 bridgehead atoms. The number of hydrogen-bond donors (Lipinski definition) is 1. The van der Waals surface area contributed by atoms with Crippen LogP contribution < -0.4 is 4.90 Å². The highest BCUT2D eigenvalue weighted by molar-refractivity contribution is 5.82. The number of nitrogens with zero attached hydrogens (tertiary/aromatic N) is 1. The molecule has 0 saturated carbocycles. The number of likely N-dealkylation sites (N-methyl/N-ethyl adjacent to an activating group) is 1. The third-order valence-electron chi connectivity index (χ3n) is 2.59. The average Bonchev–Trinajstić information content (AvgIpc) is 2.43. The number of halogens is 1. The lowest BCUT2D eigenvalue weighted by Crippen LogP contribution is -2.35. The molecule has 0 radical (unpaired) electrons. The maximum absolute atomic E-state index is 12.9. The maximum atomic E-state index is 12.9. The van der Waals surface area contributed by atoms with Crippen molar-refractivity contribution in [3.05, 3.63) is 29.6 Å². The molecule has 1 aromatic rings. The predicted octanol–water partition coefficient (Wildman–Crippen LogP) is 1.27. The van der Waals surface area contributed by atoms with Crippen molar-refractivity contribution in [3.63, 3.8) is 0 Å². The monoisotopic (exact) mass is 195 g/mol. The number of carboxylic acid groups (broad SMARTS) is 1. The van der Waals surface area contributed by atoms with Gasteiger partial charge in [-0.1, -0.05) is 0 Å². The molecule has 1 aliphatic rings. The van der Waals surface area contributed by atoms with Crippen LogP contribution in [0, 0.1) is 5.82 Å². The Morgan fingerprint density at radius 3 is 3.00 bits per heavy atom. The highest BCUT2D eigenvalue weighted by Gasteiger charge is 2.31. The zero-order valence-electron chi connectivity index (χ0n) is 7.70. The minimum absolute atomic E-state index is 0.316. The summed E-state index contributed by atoms with van der Waals surface area (Å²) in [4.78, 5) is 12.5. The van der Waals surface area contributed by atoms with Gasteiger partial charge in [0.2, 0.25) is 0 Å². The van der Waals surface area contributed by atoms with Crippen molar-refractivity contribution in [3.8, 4) is 0 Å². The largest absolute Gasteiger partial charge is 0.480 e. The Balaban J connectivity index is 2.40. The van der Waals surface area contributed by atoms with Gasteiger partial charge in [0.05, 0.1) is 0 Å². The van der Waals surface area contributed by atoms with E-state index in [-0.39, 0.29) is 5.82 Å². The zero-order valence-corrected chi connectivity index (χ0v) is 7.70. The summed E-state index contributed by atoms with van der Waals surface area (Å²) in [5, 5.41) is 8.89. The van der Waals surface area contributed by atoms with Gasteiger partial charge in [-0.2, -0.15) is 0 Å². The van der Waals surface area contributed by atoms with Gasteiger partial charge in [-0.15, -0.1) is 0 Å². The van der Waals surface area contributed by atoms with E-state index in [2.05, 4.69) is 0 Å². The number of benzene rings is 1. The molecule has 1 atom stereocenters. The van der Waals surface area contributed by atoms with Crippen LogP contribution in [-0.4, -0.2) is 24.2 Å². The van der Waals surface area contributed by atoms with Crippen LogP contribution >= 0.6 is 0 Å². The topological polar surface area (TPSA) is 40.5 Å². The van der Waals surface area contributed by atoms with Crippen LogP contribution in [0.1, 0.15) is 5.56 Å². The third-order valence-corrected chi connectivity index (χ3v) is 2.59. The summed E-state index contributed by atoms with van der Waals surface area (Å²) in [6.45, 7) is 0. The summed E-state index contributed by atoms with van der Waals surface area (Å²) in [6.07, 6.45) is 0.374. The number of anilines is 1. The SMILES string of the molecule is CN1c2ccc(F)cc2CC1C(=O)O. The minimum atomic E-state index is -0.871. The third kappa shape index (κ3) is 1.23. The maximum Gasteiger partial charge on any atom is 0.326 e. The first-order chi connectivity index (χ1) is 6.59. The van der Waals surface area contributed by atoms with Gasteiger partial charge in [-0.25, -0.2) is 9.18 Å². The molecule has 74 valence electrons. The Morgan fingerprint density at radius 1 is 1.64 bits per heavy atom. The summed E-state index contributed by atoms with van der Waals surface area (Å²) in [6, 6.07) is 3.80. The molecule has 0 fully saturated rings. The first kappa shape index (κ1) is 8.99. The van der Waals surface area contributed by atoms with Gasteiger partial charge in [0.1, 0.15) is 11.9 Å². The summed E-state index contributed by atoms with van der Waals surface area (Å²) < 4.78 is 12.9. The van der Waals surface area contributed by atoms with Crippen molar-refractivity contribution in [2.75, 3.05) is 11.9 Å². The van der Waals surface area contributed by atoms with Crippen LogP contribution in [0.3, 0.4) is 0 Å². The van der Waals surface area contributed by atoms with E-state index in [4.69, 9.17) is 5.11 Å². The van der Waals surface area contributed by atoms with Gasteiger partial charge in [0, 0.05) is 19.2 Å². The van der Waals surface area contributed by atoms with Gasteiger partial charge < -0.3 is 10.0 Å². The highest BCUT2D eigenvalue weighted by Crippen LogP contribution is 2.31. The molecule has 0 saturated heterocycles. The molecular weight excluding hydrogens is 185 g/mol. The second-order valence-corrected chi connectivity index (χ2v) is 3.44. The number of rotatable bonds is 1. The normalized spacial score (nSPS) is 19.6. The van der Waals surface area contributed by atoms with E-state index in [1.807, 2.05) is 0 Å². The molecule has 0 amide bonds. The Kier molecular flexibility index (Phi) is 1.91. The summed E-state index contributed by atoms with van der Waals surface area (Å²) >= 11 is 0. The molecule has 1 aromatic carbocycles. The van der Waals surface area contributed by atoms with Crippen LogP contribution in [0.5, 0.6) is 0 Å². The van der Waals surface area contributed by atoms with E-state index >= 15 is 0 Å². The van der Waals surface area contributed by atoms with Crippen LogP contribution in [0.25, 0.3) is 0 Å². The highest BCUT2D eigenvalue weighted by atomic mass is 19.1. The van der Waals surface area contributed by atoms with Gasteiger partial charge in [0.15, 0.2) is 0 Å². The quantitative estimate of drug-likeness (QED) is 0.733. The van der Waals surface area contributed by atoms with Crippen LogP contribution in [0.4, 0.5) is 10.1 Å². The summed E-state index contributed by atoms with van der Waals surface area (Å²) in [5.74, 6) is -1.19. The van der Waals surface area contributed by atoms with Crippen molar-refractivity contribution < 1.29 is 14.3 Å². The Hall–Kier alpha value is -1.58. The second-order valence-electron chi connectivity index (χ2n) is 3.44. The molecule has 1 unspecified atom stereocenters. The van der Waals surface area contributed by atoms with Crippen molar-refractivity contribution in [1.29, 1.82) is 0 Å². The molecule has 2 rings (SSSR count). The standard InChI is InChI=1S/C10H10FNO2/c1-12-8-3-2-7(11)4-6(8)5-9(12)10(13)14/h2-4,9H,5H2,1H3,(H,13,14). The lowest BCUT2D eigenvalue weighted by molar-refractivity contribution is -0.138. The lowest BCUT2D eigenvalue weighted by atomic mass is 10.1. The fraction of sp³-hybridized carbons (Fsp3) is 0.300. The van der Waals surface area contributed by atoms with E-state index < -0.39 is 12.0 Å². The summed E-state index contributed by atoms with van der Waals surface area (Å²) in [5.41, 5.74) is 1.57. The van der Waals surface area contributed by atoms with E-state index in [0.29, 0.717) is 6.42 Å². The molecule has 1 heterocycles. The van der Waals surface area contributed by atoms with Crippen molar-refractivity contribution in [2.45, 2.75) is 12.5 Å². The van der Waals surface area contributed by atoms with Crippen molar-refractivity contribution in [1.82, 2.24) is 0 Å². The first-order valence-corrected chi connectivity index (χ1v) is 4.33. The fourth-order valence-corrected chi connectivity index (χ4v) is 1.83. The van der Waals surface area contributed by atoms with E-state index in [9.17, 15) is 9.18 Å². The molecule has 1 aliphatic heterocycles. The van der Waals surface area contributed by atoms with E-state index in [0.717, 1.165) is 11.3 Å². The smallest absolute Gasteiger partial charge is 0.326 e. The van der Waals surface area contributed by atoms with Crippen molar-refractivity contribution >= 4 is 11.7 Å². The molecule has 0 aliphatic carbocycles. The Bertz CT molecular complexity index is 392. The van der Waals surface area contributed by atoms with Gasteiger partial charge in [-0.3, -0.25) is 0 Å². The molecule has 14 heavy (non-hydrogen) atoms. The molecule has 3 nitrogen and oxygen atoms in total. The number of carboxylic acids is 1. The van der Waals surface area contributed by atoms with Crippen molar-refractivity contribution in [2.24, 2.45) is 0 Å². The number of carbonyl (C=O) groups is 1. The van der Waals surface area contributed by atoms with Crippen LogP contribution in [0.2, 0.25) is 0 Å².